The molecule has 0 atom stereocenters. The maximum Gasteiger partial charge on any atom is -0.00139 e. The minimum atomic E-state index is 1.31. The van der Waals surface area contributed by atoms with Gasteiger partial charge in [-0.25, -0.2) is 0 Å². The summed E-state index contributed by atoms with van der Waals surface area (Å²) in [6.45, 7) is 0. The van der Waals surface area contributed by atoms with E-state index in [9.17, 15) is 0 Å². The minimum absolute atomic E-state index is 1.31. The van der Waals surface area contributed by atoms with Gasteiger partial charge in [-0.05, 0) is 139 Å². The number of benzene rings is 8. The number of hydrogen-bond acceptors (Lipinski definition) is 0. The first-order valence-corrected chi connectivity index (χ1v) is 14.1. The molecule has 10 aromatic rings. The van der Waals surface area contributed by atoms with E-state index in [1.165, 1.54) is 108 Å². The monoisotopic (exact) mass is 500 g/mol. The fraction of sp³-hybridized carbons (Fsp3) is 0. The van der Waals surface area contributed by atoms with Crippen molar-refractivity contribution in [2.24, 2.45) is 0 Å². The Morgan fingerprint density at radius 3 is 1.45 bits per heavy atom. The van der Waals surface area contributed by atoms with Crippen LogP contribution in [0.15, 0.2) is 121 Å². The summed E-state index contributed by atoms with van der Waals surface area (Å²) in [5.41, 5.74) is 5.47. The average molecular weight is 501 g/mol. The summed E-state index contributed by atoms with van der Waals surface area (Å²) in [5, 5.41) is 21.8. The molecule has 1 aliphatic carbocycles. The smallest absolute Gasteiger partial charge is 0.00139 e. The van der Waals surface area contributed by atoms with Crippen LogP contribution >= 0.6 is 0 Å². The third-order valence-corrected chi connectivity index (χ3v) is 9.83. The van der Waals surface area contributed by atoms with Crippen LogP contribution in [0.3, 0.4) is 0 Å². The first-order valence-electron chi connectivity index (χ1n) is 14.1. The lowest BCUT2D eigenvalue weighted by atomic mass is 9.96. The van der Waals surface area contributed by atoms with Crippen LogP contribution in [-0.4, -0.2) is 0 Å². The number of hydrogen-bond donors (Lipinski definition) is 0. The van der Waals surface area contributed by atoms with E-state index in [0.29, 0.717) is 0 Å². The van der Waals surface area contributed by atoms with Crippen molar-refractivity contribution >= 4 is 86.2 Å². The molecule has 0 aromatic heterocycles. The highest BCUT2D eigenvalue weighted by Crippen LogP contribution is 2.53. The van der Waals surface area contributed by atoms with Crippen LogP contribution in [0, 0.1) is 0 Å². The van der Waals surface area contributed by atoms with Gasteiger partial charge < -0.3 is 0 Å². The Kier molecular flexibility index (Phi) is 3.22. The zero-order valence-electron chi connectivity index (χ0n) is 21.5. The van der Waals surface area contributed by atoms with E-state index in [2.05, 4.69) is 121 Å². The summed E-state index contributed by atoms with van der Waals surface area (Å²) in [5.74, 6) is 0. The van der Waals surface area contributed by atoms with Gasteiger partial charge in [-0.1, -0.05) is 91.0 Å². The average Bonchev–Trinajstić information content (AvgIpc) is 3.61. The van der Waals surface area contributed by atoms with Crippen molar-refractivity contribution < 1.29 is 0 Å². The lowest BCUT2D eigenvalue weighted by Crippen LogP contribution is -1.80. The summed E-state index contributed by atoms with van der Waals surface area (Å²) >= 11 is 0. The second-order valence-electron chi connectivity index (χ2n) is 11.6. The third-order valence-electron chi connectivity index (χ3n) is 9.83. The van der Waals surface area contributed by atoms with Gasteiger partial charge in [0.15, 0.2) is 0 Å². The highest BCUT2D eigenvalue weighted by molar-refractivity contribution is 6.39. The molecule has 0 saturated heterocycles. The van der Waals surface area contributed by atoms with Crippen molar-refractivity contribution in [2.45, 2.75) is 0 Å². The van der Waals surface area contributed by atoms with Gasteiger partial charge in [0, 0.05) is 0 Å². The first-order chi connectivity index (χ1) is 19.8. The second-order valence-corrected chi connectivity index (χ2v) is 11.6. The third kappa shape index (κ3) is 2.13. The molecule has 10 aromatic carbocycles. The van der Waals surface area contributed by atoms with E-state index < -0.39 is 0 Å². The Labute approximate surface area is 229 Å². The standard InChI is InChI=1S/C40H20/c1-2-7-22-17-34-29-14-15-31-36-20-32-23(19-37-25-9-4-3-8-24(25)26-10-5-11-27(32)38(26)37)18-35(36)30-13-12-28(39(29)40(30)31)33(34)16-21(22)6-1/h1-20H. The lowest BCUT2D eigenvalue weighted by Gasteiger charge is -2.07. The van der Waals surface area contributed by atoms with E-state index in [0.717, 1.165) is 0 Å². The number of fused-ring (bicyclic) bond motifs is 12. The van der Waals surface area contributed by atoms with Crippen LogP contribution in [0.5, 0.6) is 0 Å². The van der Waals surface area contributed by atoms with E-state index in [1.807, 2.05) is 0 Å². The Morgan fingerprint density at radius 1 is 0.225 bits per heavy atom. The van der Waals surface area contributed by atoms with Crippen molar-refractivity contribution in [2.75, 3.05) is 0 Å². The normalized spacial score (nSPS) is 13.0. The quantitative estimate of drug-likeness (QED) is 0.182. The predicted molar refractivity (Wildman–Crippen MR) is 173 cm³/mol. The molecule has 0 heterocycles. The second kappa shape index (κ2) is 6.50. The molecule has 0 fully saturated rings. The molecule has 0 aliphatic heterocycles. The highest BCUT2D eigenvalue weighted by atomic mass is 14.3. The molecule has 11 rings (SSSR count). The molecule has 180 valence electrons. The van der Waals surface area contributed by atoms with Crippen LogP contribution in [0.25, 0.3) is 108 Å². The van der Waals surface area contributed by atoms with Gasteiger partial charge in [0.05, 0.1) is 0 Å². The zero-order valence-corrected chi connectivity index (χ0v) is 21.5. The number of rotatable bonds is 0. The lowest BCUT2D eigenvalue weighted by molar-refractivity contribution is 1.73. The van der Waals surface area contributed by atoms with Crippen molar-refractivity contribution in [1.82, 2.24) is 0 Å². The van der Waals surface area contributed by atoms with Crippen molar-refractivity contribution in [3.8, 4) is 22.3 Å². The van der Waals surface area contributed by atoms with E-state index in [1.54, 1.807) is 0 Å². The van der Waals surface area contributed by atoms with Crippen molar-refractivity contribution in [3.63, 3.8) is 0 Å². The molecule has 0 radical (unpaired) electrons. The highest BCUT2D eigenvalue weighted by Gasteiger charge is 2.26. The topological polar surface area (TPSA) is 0 Å². The van der Waals surface area contributed by atoms with Gasteiger partial charge in [-0.15, -0.1) is 0 Å². The minimum Gasteiger partial charge on any atom is -0.0616 e. The van der Waals surface area contributed by atoms with Crippen LogP contribution in [0.4, 0.5) is 0 Å². The van der Waals surface area contributed by atoms with Gasteiger partial charge in [-0.2, -0.15) is 0 Å². The SMILES string of the molecule is c1ccc2cc3c(cc2c1)-c1ccc2c4cc5cc6c7ccccc7c7cccc(c5cc4c4ccc-3c1c24)c76. The molecule has 0 spiro atoms. The van der Waals surface area contributed by atoms with E-state index in [-0.39, 0.29) is 0 Å². The van der Waals surface area contributed by atoms with Gasteiger partial charge >= 0.3 is 0 Å². The summed E-state index contributed by atoms with van der Waals surface area (Å²) in [7, 11) is 0. The molecule has 1 aliphatic rings. The van der Waals surface area contributed by atoms with E-state index in [4.69, 9.17) is 0 Å². The molecule has 0 unspecified atom stereocenters. The fourth-order valence-corrected chi connectivity index (χ4v) is 8.18. The first kappa shape index (κ1) is 19.8. The molecule has 0 heteroatoms. The molecule has 0 saturated carbocycles. The van der Waals surface area contributed by atoms with Gasteiger partial charge in [-0.3, -0.25) is 0 Å². The maximum atomic E-state index is 2.48. The van der Waals surface area contributed by atoms with Crippen LogP contribution in [-0.2, 0) is 0 Å². The van der Waals surface area contributed by atoms with Gasteiger partial charge in [0.2, 0.25) is 0 Å². The van der Waals surface area contributed by atoms with Crippen molar-refractivity contribution in [1.29, 1.82) is 0 Å². The maximum absolute atomic E-state index is 2.48. The molecule has 0 bridgehead atoms. The Balaban J connectivity index is 1.31. The molecule has 0 nitrogen and oxygen atoms in total. The summed E-state index contributed by atoms with van der Waals surface area (Å²) < 4.78 is 0. The predicted octanol–water partition coefficient (Wildman–Crippen LogP) is 11.4. The Hall–Kier alpha value is -5.20. The van der Waals surface area contributed by atoms with Crippen LogP contribution in [0.1, 0.15) is 0 Å². The van der Waals surface area contributed by atoms with Gasteiger partial charge in [0.1, 0.15) is 0 Å². The largest absolute Gasteiger partial charge is 0.0616 e. The molecule has 0 N–H and O–H groups in total. The summed E-state index contributed by atoms with van der Waals surface area (Å²) in [6, 6.07) is 46.1. The molecular weight excluding hydrogens is 480 g/mol. The molecule has 40 heavy (non-hydrogen) atoms. The van der Waals surface area contributed by atoms with Gasteiger partial charge in [0.25, 0.3) is 0 Å². The van der Waals surface area contributed by atoms with Crippen LogP contribution in [0.2, 0.25) is 0 Å². The Morgan fingerprint density at radius 2 is 0.750 bits per heavy atom. The summed E-state index contributed by atoms with van der Waals surface area (Å²) in [4.78, 5) is 0. The zero-order chi connectivity index (χ0) is 25.7. The molecular formula is C40H20. The van der Waals surface area contributed by atoms with E-state index >= 15 is 0 Å². The fourth-order valence-electron chi connectivity index (χ4n) is 8.18. The molecule has 0 amide bonds. The summed E-state index contributed by atoms with van der Waals surface area (Å²) in [6.07, 6.45) is 0. The van der Waals surface area contributed by atoms with Crippen molar-refractivity contribution in [3.05, 3.63) is 121 Å². The van der Waals surface area contributed by atoms with Crippen LogP contribution < -0.4 is 0 Å². The Bertz CT molecular complexity index is 2690.